The van der Waals surface area contributed by atoms with Crippen molar-refractivity contribution in [3.05, 3.63) is 23.2 Å². The van der Waals surface area contributed by atoms with Crippen molar-refractivity contribution in [3.8, 4) is 5.75 Å². The average molecular weight is 294 g/mol. The van der Waals surface area contributed by atoms with E-state index in [-0.39, 0.29) is 35.1 Å². The summed E-state index contributed by atoms with van der Waals surface area (Å²) in [5.74, 6) is -0.513. The summed E-state index contributed by atoms with van der Waals surface area (Å²) in [6.07, 6.45) is 2.47. The van der Waals surface area contributed by atoms with Crippen molar-refractivity contribution in [2.45, 2.75) is 26.2 Å². The first-order valence-corrected chi connectivity index (χ1v) is 7.23. The van der Waals surface area contributed by atoms with E-state index in [9.17, 15) is 14.7 Å². The molecule has 0 aromatic heterocycles. The predicted molar refractivity (Wildman–Crippen MR) is 75.6 cm³/mol. The van der Waals surface area contributed by atoms with Gasteiger partial charge < -0.3 is 5.11 Å². The monoisotopic (exact) mass is 293 g/mol. The summed E-state index contributed by atoms with van der Waals surface area (Å²) < 4.78 is 0. The Morgan fingerprint density at radius 1 is 1.20 bits per heavy atom. The average Bonchev–Trinajstić information content (AvgIpc) is 2.63. The molecular formula is C15H16ClNO3. The van der Waals surface area contributed by atoms with Crippen LogP contribution in [0.4, 0.5) is 5.69 Å². The zero-order valence-corrected chi connectivity index (χ0v) is 11.9. The molecule has 20 heavy (non-hydrogen) atoms. The molecule has 3 rings (SSSR count). The van der Waals surface area contributed by atoms with Gasteiger partial charge in [-0.2, -0.15) is 0 Å². The Morgan fingerprint density at radius 2 is 1.90 bits per heavy atom. The fourth-order valence-electron chi connectivity index (χ4n) is 3.31. The molecule has 2 aliphatic rings. The summed E-state index contributed by atoms with van der Waals surface area (Å²) in [7, 11) is 0. The minimum Gasteiger partial charge on any atom is -0.506 e. The maximum atomic E-state index is 12.5. The van der Waals surface area contributed by atoms with Gasteiger partial charge in [0, 0.05) is 11.1 Å². The standard InChI is InChI=1S/C15H16ClNO3/c1-8-2-4-10-11(6-8)15(20)17(14(10)19)12-5-3-9(16)7-13(12)18/h3,5,7-8,10-11,18H,2,4,6H2,1H3/t8-,10-,11+/m1/s1. The third-order valence-electron chi connectivity index (χ3n) is 4.37. The number of halogens is 1. The van der Waals surface area contributed by atoms with Crippen LogP contribution in [0.2, 0.25) is 5.02 Å². The van der Waals surface area contributed by atoms with E-state index < -0.39 is 0 Å². The Kier molecular flexibility index (Phi) is 3.21. The lowest BCUT2D eigenvalue weighted by molar-refractivity contribution is -0.122. The number of imide groups is 1. The van der Waals surface area contributed by atoms with E-state index in [4.69, 9.17) is 11.6 Å². The van der Waals surface area contributed by atoms with Crippen LogP contribution in [0.3, 0.4) is 0 Å². The Bertz CT molecular complexity index is 586. The van der Waals surface area contributed by atoms with Crippen LogP contribution < -0.4 is 4.90 Å². The highest BCUT2D eigenvalue weighted by atomic mass is 35.5. The predicted octanol–water partition coefficient (Wildman–Crippen LogP) is 2.97. The Labute approximate surface area is 122 Å². The van der Waals surface area contributed by atoms with Gasteiger partial charge in [-0.05, 0) is 37.3 Å². The van der Waals surface area contributed by atoms with E-state index in [1.54, 1.807) is 6.07 Å². The molecule has 3 atom stereocenters. The van der Waals surface area contributed by atoms with Gasteiger partial charge in [-0.25, -0.2) is 4.90 Å². The SMILES string of the molecule is C[C@@H]1CC[C@H]2C(=O)N(c3ccc(Cl)cc3O)C(=O)[C@H]2C1. The molecule has 1 aliphatic carbocycles. The first-order valence-electron chi connectivity index (χ1n) is 6.85. The number of phenols is 1. The van der Waals surface area contributed by atoms with Crippen LogP contribution in [0.1, 0.15) is 26.2 Å². The smallest absolute Gasteiger partial charge is 0.237 e. The zero-order chi connectivity index (χ0) is 14.4. The molecule has 1 heterocycles. The van der Waals surface area contributed by atoms with E-state index in [0.29, 0.717) is 10.9 Å². The molecule has 0 spiro atoms. The van der Waals surface area contributed by atoms with Crippen LogP contribution in [0, 0.1) is 17.8 Å². The van der Waals surface area contributed by atoms with E-state index in [1.807, 2.05) is 0 Å². The molecule has 1 saturated heterocycles. The molecule has 0 unspecified atom stereocenters. The Morgan fingerprint density at radius 3 is 2.60 bits per heavy atom. The molecule has 4 nitrogen and oxygen atoms in total. The molecule has 1 aromatic carbocycles. The number of anilines is 1. The minimum absolute atomic E-state index is 0.133. The number of hydrogen-bond donors (Lipinski definition) is 1. The molecule has 1 aliphatic heterocycles. The number of phenolic OH excluding ortho intramolecular Hbond substituents is 1. The van der Waals surface area contributed by atoms with Crippen molar-refractivity contribution >= 4 is 29.1 Å². The quantitative estimate of drug-likeness (QED) is 0.810. The van der Waals surface area contributed by atoms with Gasteiger partial charge >= 0.3 is 0 Å². The number of benzene rings is 1. The number of carbonyl (C=O) groups excluding carboxylic acids is 2. The first-order chi connectivity index (χ1) is 9.49. The third-order valence-corrected chi connectivity index (χ3v) is 4.60. The highest BCUT2D eigenvalue weighted by molar-refractivity contribution is 6.31. The molecule has 2 fully saturated rings. The summed E-state index contributed by atoms with van der Waals surface area (Å²) in [5, 5.41) is 10.3. The number of fused-ring (bicyclic) bond motifs is 1. The van der Waals surface area contributed by atoms with Crippen molar-refractivity contribution < 1.29 is 14.7 Å². The number of nitrogens with zero attached hydrogens (tertiary/aromatic N) is 1. The molecule has 0 radical (unpaired) electrons. The maximum Gasteiger partial charge on any atom is 0.237 e. The van der Waals surface area contributed by atoms with Gasteiger partial charge in [0.05, 0.1) is 17.5 Å². The van der Waals surface area contributed by atoms with Crippen molar-refractivity contribution in [1.29, 1.82) is 0 Å². The molecule has 1 N–H and O–H groups in total. The lowest BCUT2D eigenvalue weighted by atomic mass is 9.76. The molecular weight excluding hydrogens is 278 g/mol. The van der Waals surface area contributed by atoms with Gasteiger partial charge in [0.15, 0.2) is 0 Å². The summed E-state index contributed by atoms with van der Waals surface area (Å²) in [6, 6.07) is 4.44. The van der Waals surface area contributed by atoms with E-state index in [0.717, 1.165) is 24.2 Å². The Hall–Kier alpha value is -1.55. The fourth-order valence-corrected chi connectivity index (χ4v) is 3.48. The normalized spacial score (nSPS) is 29.7. The van der Waals surface area contributed by atoms with Gasteiger partial charge in [0.25, 0.3) is 0 Å². The number of amides is 2. The molecule has 0 bridgehead atoms. The summed E-state index contributed by atoms with van der Waals surface area (Å²) in [5.41, 5.74) is 0.242. The molecule has 2 amide bonds. The summed E-state index contributed by atoms with van der Waals surface area (Å²) in [6.45, 7) is 2.11. The largest absolute Gasteiger partial charge is 0.506 e. The molecule has 1 aromatic rings. The summed E-state index contributed by atoms with van der Waals surface area (Å²) in [4.78, 5) is 26.1. The highest BCUT2D eigenvalue weighted by Crippen LogP contribution is 2.44. The lowest BCUT2D eigenvalue weighted by Crippen LogP contribution is -2.30. The molecule has 106 valence electrons. The van der Waals surface area contributed by atoms with Gasteiger partial charge in [-0.15, -0.1) is 0 Å². The fraction of sp³-hybridized carbons (Fsp3) is 0.467. The van der Waals surface area contributed by atoms with Crippen LogP contribution in [-0.4, -0.2) is 16.9 Å². The summed E-state index contributed by atoms with van der Waals surface area (Å²) >= 11 is 5.79. The second-order valence-electron chi connectivity index (χ2n) is 5.78. The van der Waals surface area contributed by atoms with Crippen LogP contribution in [0.5, 0.6) is 5.75 Å². The van der Waals surface area contributed by atoms with Gasteiger partial charge in [0.2, 0.25) is 11.8 Å². The topological polar surface area (TPSA) is 57.6 Å². The van der Waals surface area contributed by atoms with Crippen molar-refractivity contribution in [3.63, 3.8) is 0 Å². The molecule has 1 saturated carbocycles. The second kappa shape index (κ2) is 4.77. The highest BCUT2D eigenvalue weighted by Gasteiger charge is 2.50. The molecule has 5 heteroatoms. The van der Waals surface area contributed by atoms with Gasteiger partial charge in [-0.1, -0.05) is 18.5 Å². The van der Waals surface area contributed by atoms with E-state index in [2.05, 4.69) is 6.92 Å². The maximum absolute atomic E-state index is 12.5. The number of carbonyl (C=O) groups is 2. The third kappa shape index (κ3) is 1.99. The lowest BCUT2D eigenvalue weighted by Gasteiger charge is -2.25. The van der Waals surface area contributed by atoms with Crippen molar-refractivity contribution in [2.24, 2.45) is 17.8 Å². The Balaban J connectivity index is 1.98. The van der Waals surface area contributed by atoms with Crippen LogP contribution in [-0.2, 0) is 9.59 Å². The van der Waals surface area contributed by atoms with Gasteiger partial charge in [0.1, 0.15) is 5.75 Å². The van der Waals surface area contributed by atoms with Crippen molar-refractivity contribution in [2.75, 3.05) is 4.90 Å². The van der Waals surface area contributed by atoms with Crippen molar-refractivity contribution in [1.82, 2.24) is 0 Å². The minimum atomic E-state index is -0.235. The van der Waals surface area contributed by atoms with Crippen LogP contribution in [0.15, 0.2) is 18.2 Å². The number of rotatable bonds is 1. The van der Waals surface area contributed by atoms with Gasteiger partial charge in [-0.3, -0.25) is 9.59 Å². The van der Waals surface area contributed by atoms with E-state index >= 15 is 0 Å². The first kappa shape index (κ1) is 13.4. The zero-order valence-electron chi connectivity index (χ0n) is 11.2. The second-order valence-corrected chi connectivity index (χ2v) is 6.21. The number of hydrogen-bond acceptors (Lipinski definition) is 3. The van der Waals surface area contributed by atoms with Crippen LogP contribution >= 0.6 is 11.6 Å². The number of aromatic hydroxyl groups is 1. The van der Waals surface area contributed by atoms with Crippen LogP contribution in [0.25, 0.3) is 0 Å². The van der Waals surface area contributed by atoms with E-state index in [1.165, 1.54) is 12.1 Å².